The molecule has 0 aliphatic heterocycles. The molecule has 0 N–H and O–H groups in total. The quantitative estimate of drug-likeness (QED) is 0.778. The fourth-order valence-electron chi connectivity index (χ4n) is 3.30. The Balaban J connectivity index is 1.98. The third-order valence-corrected chi connectivity index (χ3v) is 5.02. The van der Waals surface area contributed by atoms with Gasteiger partial charge in [0.05, 0.1) is 0 Å². The maximum atomic E-state index is 11.1. The van der Waals surface area contributed by atoms with Crippen molar-refractivity contribution in [2.75, 3.05) is 0 Å². The normalized spacial score (nSPS) is 22.2. The summed E-state index contributed by atoms with van der Waals surface area (Å²) in [5.74, 6) is 0.717. The van der Waals surface area contributed by atoms with Gasteiger partial charge in [0, 0.05) is 21.7 Å². The third-order valence-electron chi connectivity index (χ3n) is 4.07. The van der Waals surface area contributed by atoms with Gasteiger partial charge < -0.3 is 4.52 Å². The molecule has 0 radical (unpaired) electrons. The van der Waals surface area contributed by atoms with Gasteiger partial charge in [-0.1, -0.05) is 18.0 Å². The van der Waals surface area contributed by atoms with Gasteiger partial charge in [0.15, 0.2) is 0 Å². The van der Waals surface area contributed by atoms with Crippen LogP contribution in [0.15, 0.2) is 4.52 Å². The van der Waals surface area contributed by atoms with Gasteiger partial charge in [-0.05, 0) is 25.7 Å². The second-order valence-corrected chi connectivity index (χ2v) is 7.88. The predicted octanol–water partition coefficient (Wildman–Crippen LogP) is 2.50. The maximum Gasteiger partial charge on any atom is 0.238 e. The van der Waals surface area contributed by atoms with E-state index in [1.807, 2.05) is 0 Å². The molecule has 6 heteroatoms. The second kappa shape index (κ2) is 3.72. The van der Waals surface area contributed by atoms with Gasteiger partial charge >= 0.3 is 0 Å². The van der Waals surface area contributed by atoms with Crippen LogP contribution >= 0.6 is 10.7 Å². The summed E-state index contributed by atoms with van der Waals surface area (Å²) >= 11 is 0. The predicted molar refractivity (Wildman–Crippen MR) is 63.4 cm³/mol. The lowest BCUT2D eigenvalue weighted by molar-refractivity contribution is 0.290. The van der Waals surface area contributed by atoms with Crippen molar-refractivity contribution in [3.8, 4) is 0 Å². The first-order valence-electron chi connectivity index (χ1n) is 5.90. The largest absolute Gasteiger partial charge is 0.360 e. The third kappa shape index (κ3) is 1.89. The molecule has 0 atom stereocenters. The van der Waals surface area contributed by atoms with Crippen molar-refractivity contribution in [3.05, 3.63) is 17.0 Å². The topological polar surface area (TPSA) is 60.2 Å². The highest BCUT2D eigenvalue weighted by atomic mass is 35.7. The van der Waals surface area contributed by atoms with Crippen LogP contribution in [-0.4, -0.2) is 13.6 Å². The number of nitrogens with zero attached hydrogens (tertiary/aromatic N) is 1. The van der Waals surface area contributed by atoms with Gasteiger partial charge in [-0.15, -0.1) is 0 Å². The Morgan fingerprint density at radius 2 is 2.00 bits per heavy atom. The molecule has 0 unspecified atom stereocenters. The molecule has 0 amide bonds. The lowest BCUT2D eigenvalue weighted by atomic mass is 9.84. The number of rotatable bonds is 2. The highest BCUT2D eigenvalue weighted by molar-refractivity contribution is 8.13. The zero-order valence-corrected chi connectivity index (χ0v) is 11.0. The van der Waals surface area contributed by atoms with Gasteiger partial charge in [-0.3, -0.25) is 0 Å². The molecule has 0 bridgehead atoms. The minimum absolute atomic E-state index is 0.149. The molecule has 4 nitrogen and oxygen atoms in total. The van der Waals surface area contributed by atoms with Crippen LogP contribution < -0.4 is 0 Å². The van der Waals surface area contributed by atoms with E-state index in [1.165, 1.54) is 12.8 Å². The van der Waals surface area contributed by atoms with Crippen molar-refractivity contribution in [2.45, 2.75) is 49.7 Å². The molecule has 1 fully saturated rings. The van der Waals surface area contributed by atoms with Crippen molar-refractivity contribution in [1.29, 1.82) is 0 Å². The molecular weight excluding hydrogens is 262 g/mol. The smallest absolute Gasteiger partial charge is 0.238 e. The van der Waals surface area contributed by atoms with Gasteiger partial charge in [-0.25, -0.2) is 8.42 Å². The average Bonchev–Trinajstić information content (AvgIpc) is 2.87. The maximum absolute atomic E-state index is 11.1. The van der Waals surface area contributed by atoms with Crippen LogP contribution in [0.2, 0.25) is 0 Å². The van der Waals surface area contributed by atoms with E-state index in [-0.39, 0.29) is 11.2 Å². The number of hydrogen-bond acceptors (Lipinski definition) is 4. The first kappa shape index (κ1) is 11.5. The standard InChI is InChI=1S/C11H14ClNO3S/c12-17(14,15)7-9-8-3-6-11(4-1-2-5-11)10(8)16-13-9/h1-7H2. The first-order chi connectivity index (χ1) is 8.00. The summed E-state index contributed by atoms with van der Waals surface area (Å²) in [5.41, 5.74) is 1.66. The Bertz CT molecular complexity index is 543. The Hall–Kier alpha value is -0.550. The van der Waals surface area contributed by atoms with E-state index in [2.05, 4.69) is 5.16 Å². The SMILES string of the molecule is O=S(=O)(Cl)Cc1noc2c1CCC21CCCC1. The molecule has 0 saturated heterocycles. The van der Waals surface area contributed by atoms with Gasteiger partial charge in [0.25, 0.3) is 0 Å². The molecule has 0 aromatic carbocycles. The molecule has 17 heavy (non-hydrogen) atoms. The minimum Gasteiger partial charge on any atom is -0.360 e. The van der Waals surface area contributed by atoms with Crippen LogP contribution in [0.3, 0.4) is 0 Å². The summed E-state index contributed by atoms with van der Waals surface area (Å²) in [6.07, 6.45) is 6.68. The molecular formula is C11H14ClNO3S. The van der Waals surface area contributed by atoms with Crippen LogP contribution in [-0.2, 0) is 26.6 Å². The number of halogens is 1. The average molecular weight is 276 g/mol. The van der Waals surface area contributed by atoms with E-state index >= 15 is 0 Å². The van der Waals surface area contributed by atoms with E-state index in [1.54, 1.807) is 0 Å². The van der Waals surface area contributed by atoms with E-state index in [9.17, 15) is 8.42 Å². The van der Waals surface area contributed by atoms with Gasteiger partial charge in [-0.2, -0.15) is 0 Å². The van der Waals surface area contributed by atoms with E-state index in [0.717, 1.165) is 37.0 Å². The second-order valence-electron chi connectivity index (χ2n) is 5.11. The Labute approximate surface area is 105 Å². The molecule has 2 aliphatic rings. The summed E-state index contributed by atoms with van der Waals surface area (Å²) in [6, 6.07) is 0. The van der Waals surface area contributed by atoms with Crippen LogP contribution in [0.1, 0.15) is 49.1 Å². The minimum atomic E-state index is -3.55. The Morgan fingerprint density at radius 3 is 2.65 bits per heavy atom. The first-order valence-corrected chi connectivity index (χ1v) is 8.38. The van der Waals surface area contributed by atoms with Crippen molar-refractivity contribution < 1.29 is 12.9 Å². The van der Waals surface area contributed by atoms with Crippen molar-refractivity contribution >= 4 is 19.7 Å². The molecule has 1 heterocycles. The Morgan fingerprint density at radius 1 is 1.29 bits per heavy atom. The summed E-state index contributed by atoms with van der Waals surface area (Å²) in [5, 5.41) is 3.90. The van der Waals surface area contributed by atoms with Crippen LogP contribution in [0.5, 0.6) is 0 Å². The van der Waals surface area contributed by atoms with Crippen LogP contribution in [0.25, 0.3) is 0 Å². The Kier molecular flexibility index (Phi) is 2.52. The molecule has 1 saturated carbocycles. The molecule has 94 valence electrons. The van der Waals surface area contributed by atoms with Crippen molar-refractivity contribution in [3.63, 3.8) is 0 Å². The van der Waals surface area contributed by atoms with Crippen molar-refractivity contribution in [2.24, 2.45) is 0 Å². The van der Waals surface area contributed by atoms with Crippen molar-refractivity contribution in [1.82, 2.24) is 5.16 Å². The molecule has 3 rings (SSSR count). The summed E-state index contributed by atoms with van der Waals surface area (Å²) < 4.78 is 27.6. The number of hydrogen-bond donors (Lipinski definition) is 0. The van der Waals surface area contributed by atoms with E-state index < -0.39 is 9.05 Å². The lowest BCUT2D eigenvalue weighted by Crippen LogP contribution is -2.16. The zero-order valence-electron chi connectivity index (χ0n) is 9.41. The van der Waals surface area contributed by atoms with Crippen LogP contribution in [0.4, 0.5) is 0 Å². The highest BCUT2D eigenvalue weighted by Gasteiger charge is 2.46. The summed E-state index contributed by atoms with van der Waals surface area (Å²) in [4.78, 5) is 0. The number of fused-ring (bicyclic) bond motifs is 2. The fraction of sp³-hybridized carbons (Fsp3) is 0.727. The molecule has 2 aliphatic carbocycles. The molecule has 1 aromatic rings. The molecule has 1 aromatic heterocycles. The molecule has 1 spiro atoms. The monoisotopic (exact) mass is 275 g/mol. The highest BCUT2D eigenvalue weighted by Crippen LogP contribution is 2.51. The summed E-state index contributed by atoms with van der Waals surface area (Å²) in [6.45, 7) is 0. The van der Waals surface area contributed by atoms with Gasteiger partial charge in [0.1, 0.15) is 17.2 Å². The summed E-state index contributed by atoms with van der Waals surface area (Å²) in [7, 11) is 1.71. The van der Waals surface area contributed by atoms with Crippen LogP contribution in [0, 0.1) is 0 Å². The van der Waals surface area contributed by atoms with Gasteiger partial charge in [0.2, 0.25) is 9.05 Å². The lowest BCUT2D eigenvalue weighted by Gasteiger charge is -2.19. The number of aromatic nitrogens is 1. The fourth-order valence-corrected chi connectivity index (χ4v) is 4.16. The van der Waals surface area contributed by atoms with E-state index in [0.29, 0.717) is 5.69 Å². The zero-order chi connectivity index (χ0) is 12.1. The van der Waals surface area contributed by atoms with E-state index in [4.69, 9.17) is 15.2 Å².